The molecule has 0 bridgehead atoms. The number of anilines is 1. The monoisotopic (exact) mass is 344 g/mol. The van der Waals surface area contributed by atoms with Gasteiger partial charge in [0, 0.05) is 25.7 Å². The lowest BCUT2D eigenvalue weighted by Gasteiger charge is -2.24. The molecular formula is C20H32N4O. The average molecular weight is 345 g/mol. The molecule has 1 aromatic heterocycles. The minimum absolute atomic E-state index is 0.162. The summed E-state index contributed by atoms with van der Waals surface area (Å²) in [5, 5.41) is 8.78. The van der Waals surface area contributed by atoms with Crippen LogP contribution in [0.1, 0.15) is 51.4 Å². The Kier molecular flexibility index (Phi) is 7.10. The van der Waals surface area contributed by atoms with E-state index in [9.17, 15) is 0 Å². The molecule has 0 radical (unpaired) electrons. The van der Waals surface area contributed by atoms with Crippen molar-refractivity contribution in [1.82, 2.24) is 15.1 Å². The van der Waals surface area contributed by atoms with Crippen LogP contribution in [0, 0.1) is 0 Å². The van der Waals surface area contributed by atoms with E-state index >= 15 is 0 Å². The third-order valence-corrected chi connectivity index (χ3v) is 5.20. The zero-order valence-electron chi connectivity index (χ0n) is 15.4. The summed E-state index contributed by atoms with van der Waals surface area (Å²) in [5.74, 6) is 1.63. The van der Waals surface area contributed by atoms with Crippen LogP contribution in [-0.2, 0) is 0 Å². The zero-order valence-corrected chi connectivity index (χ0v) is 15.4. The van der Waals surface area contributed by atoms with Gasteiger partial charge in [-0.05, 0) is 57.7 Å². The summed E-state index contributed by atoms with van der Waals surface area (Å²) >= 11 is 0. The summed E-state index contributed by atoms with van der Waals surface area (Å²) in [4.78, 5) is 4.84. The SMILES string of the molecule is C=CCC[C@H](CN1CCCC1)Oc1ccc(N2CCCCCC2)nn1. The van der Waals surface area contributed by atoms with Crippen LogP contribution in [0.15, 0.2) is 24.8 Å². The lowest BCUT2D eigenvalue weighted by atomic mass is 10.2. The van der Waals surface area contributed by atoms with Crippen molar-refractivity contribution in [2.45, 2.75) is 57.5 Å². The maximum absolute atomic E-state index is 6.16. The highest BCUT2D eigenvalue weighted by Crippen LogP contribution is 2.20. The Hall–Kier alpha value is -1.62. The number of rotatable bonds is 8. The largest absolute Gasteiger partial charge is 0.472 e. The fourth-order valence-corrected chi connectivity index (χ4v) is 3.76. The molecule has 1 atom stereocenters. The highest BCUT2D eigenvalue weighted by molar-refractivity contribution is 5.38. The van der Waals surface area contributed by atoms with E-state index < -0.39 is 0 Å². The first kappa shape index (κ1) is 18.2. The van der Waals surface area contributed by atoms with E-state index in [-0.39, 0.29) is 6.10 Å². The van der Waals surface area contributed by atoms with E-state index in [2.05, 4.69) is 32.6 Å². The molecule has 0 N–H and O–H groups in total. The van der Waals surface area contributed by atoms with E-state index in [0.29, 0.717) is 5.88 Å². The first-order chi connectivity index (χ1) is 12.3. The van der Waals surface area contributed by atoms with Crippen LogP contribution in [0.2, 0.25) is 0 Å². The molecule has 2 fully saturated rings. The quantitative estimate of drug-likeness (QED) is 0.673. The number of nitrogens with zero attached hydrogens (tertiary/aromatic N) is 4. The number of aromatic nitrogens is 2. The number of hydrogen-bond donors (Lipinski definition) is 0. The van der Waals surface area contributed by atoms with Crippen LogP contribution >= 0.6 is 0 Å². The Morgan fingerprint density at radius 2 is 1.72 bits per heavy atom. The third-order valence-electron chi connectivity index (χ3n) is 5.20. The fourth-order valence-electron chi connectivity index (χ4n) is 3.76. The summed E-state index contributed by atoms with van der Waals surface area (Å²) in [6, 6.07) is 4.05. The molecule has 1 aromatic rings. The van der Waals surface area contributed by atoms with Gasteiger partial charge in [-0.15, -0.1) is 16.8 Å². The molecule has 0 amide bonds. The minimum Gasteiger partial charge on any atom is -0.472 e. The Balaban J connectivity index is 1.57. The molecule has 25 heavy (non-hydrogen) atoms. The van der Waals surface area contributed by atoms with Gasteiger partial charge in [-0.3, -0.25) is 4.90 Å². The van der Waals surface area contributed by atoms with E-state index in [1.807, 2.05) is 12.1 Å². The van der Waals surface area contributed by atoms with Crippen molar-refractivity contribution < 1.29 is 4.74 Å². The van der Waals surface area contributed by atoms with Gasteiger partial charge in [0.05, 0.1) is 0 Å². The average Bonchev–Trinajstić information content (AvgIpc) is 3.00. The van der Waals surface area contributed by atoms with Crippen molar-refractivity contribution in [3.8, 4) is 5.88 Å². The molecule has 3 rings (SSSR count). The second-order valence-corrected chi connectivity index (χ2v) is 7.24. The highest BCUT2D eigenvalue weighted by atomic mass is 16.5. The third kappa shape index (κ3) is 5.70. The standard InChI is InChI=1S/C20H32N4O/c1-2-3-10-18(17-23-13-8-9-14-23)25-20-12-11-19(21-22-20)24-15-6-4-5-7-16-24/h2,11-12,18H,1,3-10,13-17H2/t18-/m1/s1. The second-order valence-electron chi connectivity index (χ2n) is 7.24. The highest BCUT2D eigenvalue weighted by Gasteiger charge is 2.19. The van der Waals surface area contributed by atoms with Gasteiger partial charge in [-0.2, -0.15) is 0 Å². The van der Waals surface area contributed by atoms with Gasteiger partial charge in [-0.1, -0.05) is 18.9 Å². The Labute approximate surface area is 152 Å². The van der Waals surface area contributed by atoms with Crippen LogP contribution < -0.4 is 9.64 Å². The van der Waals surface area contributed by atoms with E-state index in [1.165, 1.54) is 51.6 Å². The van der Waals surface area contributed by atoms with Crippen LogP contribution in [0.25, 0.3) is 0 Å². The van der Waals surface area contributed by atoms with Crippen molar-refractivity contribution in [1.29, 1.82) is 0 Å². The summed E-state index contributed by atoms with van der Waals surface area (Å²) in [6.45, 7) is 9.37. The Bertz CT molecular complexity index is 505. The molecule has 3 heterocycles. The number of likely N-dealkylation sites (tertiary alicyclic amines) is 1. The lowest BCUT2D eigenvalue weighted by molar-refractivity contribution is 0.133. The first-order valence-electron chi connectivity index (χ1n) is 9.94. The maximum atomic E-state index is 6.16. The molecule has 2 saturated heterocycles. The number of hydrogen-bond acceptors (Lipinski definition) is 5. The smallest absolute Gasteiger partial charge is 0.233 e. The molecule has 5 heteroatoms. The predicted molar refractivity (Wildman–Crippen MR) is 102 cm³/mol. The molecule has 0 spiro atoms. The van der Waals surface area contributed by atoms with Gasteiger partial charge >= 0.3 is 0 Å². The molecule has 5 nitrogen and oxygen atoms in total. The van der Waals surface area contributed by atoms with Crippen molar-refractivity contribution in [3.63, 3.8) is 0 Å². The summed E-state index contributed by atoms with van der Waals surface area (Å²) in [5.41, 5.74) is 0. The zero-order chi connectivity index (χ0) is 17.3. The molecule has 0 aliphatic carbocycles. The van der Waals surface area contributed by atoms with E-state index in [0.717, 1.165) is 38.3 Å². The van der Waals surface area contributed by atoms with Crippen molar-refractivity contribution in [2.75, 3.05) is 37.6 Å². The molecule has 138 valence electrons. The summed E-state index contributed by atoms with van der Waals surface area (Å²) in [7, 11) is 0. The van der Waals surface area contributed by atoms with Crippen LogP contribution in [0.4, 0.5) is 5.82 Å². The van der Waals surface area contributed by atoms with Crippen molar-refractivity contribution in [3.05, 3.63) is 24.8 Å². The van der Waals surface area contributed by atoms with E-state index in [4.69, 9.17) is 4.74 Å². The van der Waals surface area contributed by atoms with Crippen molar-refractivity contribution in [2.24, 2.45) is 0 Å². The van der Waals surface area contributed by atoms with Crippen LogP contribution in [-0.4, -0.2) is 53.9 Å². The van der Waals surface area contributed by atoms with E-state index in [1.54, 1.807) is 0 Å². The first-order valence-corrected chi connectivity index (χ1v) is 9.94. The Morgan fingerprint density at radius 1 is 1.00 bits per heavy atom. The molecular weight excluding hydrogens is 312 g/mol. The molecule has 0 unspecified atom stereocenters. The Morgan fingerprint density at radius 3 is 2.36 bits per heavy atom. The number of allylic oxidation sites excluding steroid dienone is 1. The van der Waals surface area contributed by atoms with Crippen LogP contribution in [0.3, 0.4) is 0 Å². The normalized spacial score (nSPS) is 20.2. The van der Waals surface area contributed by atoms with Crippen molar-refractivity contribution >= 4 is 5.82 Å². The summed E-state index contributed by atoms with van der Waals surface area (Å²) in [6.07, 6.45) is 11.8. The summed E-state index contributed by atoms with van der Waals surface area (Å²) < 4.78 is 6.16. The van der Waals surface area contributed by atoms with Gasteiger partial charge in [0.15, 0.2) is 5.82 Å². The van der Waals surface area contributed by atoms with Crippen LogP contribution in [0.5, 0.6) is 5.88 Å². The number of ether oxygens (including phenoxy) is 1. The van der Waals surface area contributed by atoms with Gasteiger partial charge in [0.1, 0.15) is 6.10 Å². The topological polar surface area (TPSA) is 41.5 Å². The molecule has 2 aliphatic heterocycles. The van der Waals surface area contributed by atoms with Gasteiger partial charge in [0.2, 0.25) is 5.88 Å². The molecule has 0 saturated carbocycles. The fraction of sp³-hybridized carbons (Fsp3) is 0.700. The molecule has 2 aliphatic rings. The second kappa shape index (κ2) is 9.76. The predicted octanol–water partition coefficient (Wildman–Crippen LogP) is 3.67. The van der Waals surface area contributed by atoms with Gasteiger partial charge in [-0.25, -0.2) is 0 Å². The maximum Gasteiger partial charge on any atom is 0.233 e. The van der Waals surface area contributed by atoms with Gasteiger partial charge in [0.25, 0.3) is 0 Å². The lowest BCUT2D eigenvalue weighted by Crippen LogP contribution is -2.34. The van der Waals surface area contributed by atoms with Gasteiger partial charge < -0.3 is 9.64 Å². The molecule has 0 aromatic carbocycles. The minimum atomic E-state index is 0.162.